The van der Waals surface area contributed by atoms with Gasteiger partial charge < -0.3 is 20.7 Å². The zero-order valence-corrected chi connectivity index (χ0v) is 16.5. The molecule has 1 aliphatic rings. The van der Waals surface area contributed by atoms with Gasteiger partial charge in [0, 0.05) is 30.1 Å². The second-order valence-corrected chi connectivity index (χ2v) is 6.45. The fourth-order valence-corrected chi connectivity index (χ4v) is 3.37. The van der Waals surface area contributed by atoms with Gasteiger partial charge in [0.1, 0.15) is 11.8 Å². The standard InChI is InChI=1S/C19H22N4O4.ClH/c1-12(22-10-4-5-14-15(20)6-3-7-17(14)22)19(24)21-16-11-13(23(25)26)8-9-18(16)27-2;/h3,6-9,11-12H,4-5,10,20H2,1-2H3,(H,21,24);1H. The van der Waals surface area contributed by atoms with Gasteiger partial charge in [-0.15, -0.1) is 12.4 Å². The molecule has 2 aromatic carbocycles. The van der Waals surface area contributed by atoms with Crippen LogP contribution in [0.2, 0.25) is 0 Å². The number of nitro benzene ring substituents is 1. The summed E-state index contributed by atoms with van der Waals surface area (Å²) < 4.78 is 5.21. The molecule has 1 atom stereocenters. The van der Waals surface area contributed by atoms with Gasteiger partial charge in [0.15, 0.2) is 0 Å². The van der Waals surface area contributed by atoms with E-state index in [9.17, 15) is 14.9 Å². The Morgan fingerprint density at radius 3 is 2.79 bits per heavy atom. The van der Waals surface area contributed by atoms with Crippen LogP contribution in [0, 0.1) is 10.1 Å². The van der Waals surface area contributed by atoms with Crippen molar-refractivity contribution < 1.29 is 14.5 Å². The molecule has 1 aliphatic heterocycles. The number of nitrogens with zero attached hydrogens (tertiary/aromatic N) is 2. The first-order valence-electron chi connectivity index (χ1n) is 8.69. The summed E-state index contributed by atoms with van der Waals surface area (Å²) in [6, 6.07) is 9.32. The van der Waals surface area contributed by atoms with Gasteiger partial charge in [-0.1, -0.05) is 6.07 Å². The molecule has 0 saturated carbocycles. The number of amides is 1. The van der Waals surface area contributed by atoms with E-state index < -0.39 is 11.0 Å². The number of nitro groups is 1. The number of methoxy groups -OCH3 is 1. The van der Waals surface area contributed by atoms with Gasteiger partial charge in [-0.25, -0.2) is 0 Å². The molecule has 0 saturated heterocycles. The van der Waals surface area contributed by atoms with Gasteiger partial charge in [0.25, 0.3) is 5.69 Å². The summed E-state index contributed by atoms with van der Waals surface area (Å²) in [4.78, 5) is 25.4. The highest BCUT2D eigenvalue weighted by Crippen LogP contribution is 2.33. The molecule has 0 radical (unpaired) electrons. The van der Waals surface area contributed by atoms with Crippen molar-refractivity contribution in [2.75, 3.05) is 29.6 Å². The highest BCUT2D eigenvalue weighted by molar-refractivity contribution is 5.98. The third-order valence-electron chi connectivity index (χ3n) is 4.82. The van der Waals surface area contributed by atoms with Gasteiger partial charge in [0.2, 0.25) is 5.91 Å². The number of fused-ring (bicyclic) bond motifs is 1. The zero-order valence-electron chi connectivity index (χ0n) is 15.7. The summed E-state index contributed by atoms with van der Waals surface area (Å²) in [5, 5.41) is 13.8. The number of benzene rings is 2. The smallest absolute Gasteiger partial charge is 0.271 e. The molecule has 0 aromatic heterocycles. The number of nitrogens with one attached hydrogen (secondary N) is 1. The van der Waals surface area contributed by atoms with E-state index in [1.807, 2.05) is 23.1 Å². The first kappa shape index (κ1) is 21.3. The Labute approximate surface area is 169 Å². The molecule has 1 amide bonds. The number of carbonyl (C=O) groups is 1. The van der Waals surface area contributed by atoms with Crippen molar-refractivity contribution in [3.8, 4) is 5.75 Å². The Morgan fingerprint density at radius 2 is 2.11 bits per heavy atom. The highest BCUT2D eigenvalue weighted by atomic mass is 35.5. The Bertz CT molecular complexity index is 890. The fourth-order valence-electron chi connectivity index (χ4n) is 3.37. The van der Waals surface area contributed by atoms with Crippen molar-refractivity contribution in [2.24, 2.45) is 0 Å². The van der Waals surface area contributed by atoms with Crippen LogP contribution in [0.25, 0.3) is 0 Å². The number of hydrogen-bond acceptors (Lipinski definition) is 6. The fraction of sp³-hybridized carbons (Fsp3) is 0.316. The molecule has 9 heteroatoms. The quantitative estimate of drug-likeness (QED) is 0.447. The largest absolute Gasteiger partial charge is 0.495 e. The molecule has 0 spiro atoms. The van der Waals surface area contributed by atoms with E-state index in [0.717, 1.165) is 36.3 Å². The van der Waals surface area contributed by atoms with E-state index in [4.69, 9.17) is 10.5 Å². The number of non-ortho nitro benzene ring substituents is 1. The minimum absolute atomic E-state index is 0. The average molecular weight is 407 g/mol. The topological polar surface area (TPSA) is 111 Å². The number of carbonyl (C=O) groups excluding carboxylic acids is 1. The predicted octanol–water partition coefficient (Wildman–Crippen LogP) is 3.39. The highest BCUT2D eigenvalue weighted by Gasteiger charge is 2.27. The van der Waals surface area contributed by atoms with Crippen LogP contribution in [0.5, 0.6) is 5.75 Å². The Balaban J connectivity index is 0.00000280. The molecule has 28 heavy (non-hydrogen) atoms. The summed E-state index contributed by atoms with van der Waals surface area (Å²) in [5.41, 5.74) is 8.97. The van der Waals surface area contributed by atoms with E-state index in [1.54, 1.807) is 6.92 Å². The van der Waals surface area contributed by atoms with Crippen molar-refractivity contribution in [3.05, 3.63) is 52.1 Å². The lowest BCUT2D eigenvalue weighted by Gasteiger charge is -2.36. The van der Waals surface area contributed by atoms with Gasteiger partial charge in [-0.2, -0.15) is 0 Å². The molecule has 150 valence electrons. The van der Waals surface area contributed by atoms with E-state index in [-0.39, 0.29) is 29.7 Å². The summed E-state index contributed by atoms with van der Waals surface area (Å²) in [7, 11) is 1.45. The number of rotatable bonds is 5. The Morgan fingerprint density at radius 1 is 1.36 bits per heavy atom. The SMILES string of the molecule is COc1ccc([N+](=O)[O-])cc1NC(=O)C(C)N1CCCc2c(N)cccc21.Cl. The van der Waals surface area contributed by atoms with E-state index >= 15 is 0 Å². The molecule has 1 unspecified atom stereocenters. The maximum atomic E-state index is 12.8. The summed E-state index contributed by atoms with van der Waals surface area (Å²) in [6.07, 6.45) is 1.78. The number of halogens is 1. The molecule has 1 heterocycles. The molecule has 3 N–H and O–H groups in total. The van der Waals surface area contributed by atoms with Crippen LogP contribution in [0.1, 0.15) is 18.9 Å². The zero-order chi connectivity index (χ0) is 19.6. The maximum Gasteiger partial charge on any atom is 0.271 e. The van der Waals surface area contributed by atoms with Crippen molar-refractivity contribution in [2.45, 2.75) is 25.8 Å². The average Bonchev–Trinajstić information content (AvgIpc) is 2.67. The molecular formula is C19H23ClN4O4. The van der Waals surface area contributed by atoms with Crippen LogP contribution in [0.3, 0.4) is 0 Å². The number of hydrogen-bond donors (Lipinski definition) is 2. The maximum absolute atomic E-state index is 12.8. The second-order valence-electron chi connectivity index (χ2n) is 6.45. The van der Waals surface area contributed by atoms with Crippen LogP contribution in [0.4, 0.5) is 22.7 Å². The summed E-state index contributed by atoms with van der Waals surface area (Å²) in [6.45, 7) is 2.54. The van der Waals surface area contributed by atoms with Crippen LogP contribution < -0.4 is 20.7 Å². The number of nitrogen functional groups attached to an aromatic ring is 1. The van der Waals surface area contributed by atoms with Gasteiger partial charge in [-0.3, -0.25) is 14.9 Å². The third kappa shape index (κ3) is 4.12. The minimum Gasteiger partial charge on any atom is -0.495 e. The van der Waals surface area contributed by atoms with E-state index in [1.165, 1.54) is 25.3 Å². The lowest BCUT2D eigenvalue weighted by molar-refractivity contribution is -0.384. The number of anilines is 3. The first-order valence-corrected chi connectivity index (χ1v) is 8.69. The molecule has 0 bridgehead atoms. The Hall–Kier alpha value is -3.00. The van der Waals surface area contributed by atoms with Gasteiger partial charge in [-0.05, 0) is 43.5 Å². The first-order chi connectivity index (χ1) is 12.9. The van der Waals surface area contributed by atoms with Crippen molar-refractivity contribution in [3.63, 3.8) is 0 Å². The second kappa shape index (κ2) is 8.79. The Kier molecular flexibility index (Phi) is 6.69. The summed E-state index contributed by atoms with van der Waals surface area (Å²) in [5.74, 6) is 0.0912. The van der Waals surface area contributed by atoms with Crippen LogP contribution in [-0.2, 0) is 11.2 Å². The van der Waals surface area contributed by atoms with Crippen LogP contribution >= 0.6 is 12.4 Å². The van der Waals surface area contributed by atoms with E-state index in [0.29, 0.717) is 5.75 Å². The molecule has 0 fully saturated rings. The van der Waals surface area contributed by atoms with E-state index in [2.05, 4.69) is 5.32 Å². The molecular weight excluding hydrogens is 384 g/mol. The number of ether oxygens (including phenoxy) is 1. The van der Waals surface area contributed by atoms with Gasteiger partial charge in [0.05, 0.1) is 17.7 Å². The molecule has 3 rings (SSSR count). The van der Waals surface area contributed by atoms with Gasteiger partial charge >= 0.3 is 0 Å². The lowest BCUT2D eigenvalue weighted by atomic mass is 9.98. The number of nitrogens with two attached hydrogens (primary N) is 1. The summed E-state index contributed by atoms with van der Waals surface area (Å²) >= 11 is 0. The minimum atomic E-state index is -0.512. The van der Waals surface area contributed by atoms with Crippen molar-refractivity contribution in [1.29, 1.82) is 0 Å². The predicted molar refractivity (Wildman–Crippen MR) is 112 cm³/mol. The lowest BCUT2D eigenvalue weighted by Crippen LogP contribution is -2.44. The monoisotopic (exact) mass is 406 g/mol. The molecule has 8 nitrogen and oxygen atoms in total. The van der Waals surface area contributed by atoms with Crippen molar-refractivity contribution in [1.82, 2.24) is 0 Å². The molecule has 2 aromatic rings. The van der Waals surface area contributed by atoms with Crippen LogP contribution in [-0.4, -0.2) is 30.5 Å². The molecule has 0 aliphatic carbocycles. The third-order valence-corrected chi connectivity index (χ3v) is 4.82. The van der Waals surface area contributed by atoms with Crippen molar-refractivity contribution >= 4 is 41.1 Å². The van der Waals surface area contributed by atoms with Crippen LogP contribution in [0.15, 0.2) is 36.4 Å². The normalized spacial score (nSPS) is 13.7.